The first-order valence-corrected chi connectivity index (χ1v) is 10.1. The Labute approximate surface area is 148 Å². The van der Waals surface area contributed by atoms with E-state index in [1.807, 2.05) is 5.38 Å². The molecule has 6 nitrogen and oxygen atoms in total. The van der Waals surface area contributed by atoms with Crippen LogP contribution in [0.4, 0.5) is 0 Å². The molecule has 24 heavy (non-hydrogen) atoms. The third kappa shape index (κ3) is 5.32. The van der Waals surface area contributed by atoms with Gasteiger partial charge >= 0.3 is 0 Å². The van der Waals surface area contributed by atoms with Crippen LogP contribution in [0.1, 0.15) is 25.0 Å². The zero-order chi connectivity index (χ0) is 16.8. The Morgan fingerprint density at radius 2 is 2.38 bits per heavy atom. The van der Waals surface area contributed by atoms with Crippen molar-refractivity contribution in [2.75, 3.05) is 25.5 Å². The highest BCUT2D eigenvalue weighted by Gasteiger charge is 2.20. The molecule has 0 aromatic carbocycles. The summed E-state index contributed by atoms with van der Waals surface area (Å²) in [5.74, 6) is 1.72. The smallest absolute Gasteiger partial charge is 0.258 e. The van der Waals surface area contributed by atoms with E-state index in [0.717, 1.165) is 18.9 Å². The van der Waals surface area contributed by atoms with Crippen LogP contribution in [0.5, 0.6) is 0 Å². The lowest BCUT2D eigenvalue weighted by atomic mass is 10.4. The van der Waals surface area contributed by atoms with Gasteiger partial charge in [-0.2, -0.15) is 0 Å². The van der Waals surface area contributed by atoms with Gasteiger partial charge in [-0.15, -0.1) is 23.1 Å². The number of thiazole rings is 1. The quantitative estimate of drug-likeness (QED) is 0.650. The van der Waals surface area contributed by atoms with Crippen LogP contribution in [0.25, 0.3) is 4.96 Å². The first kappa shape index (κ1) is 17.4. The van der Waals surface area contributed by atoms with Gasteiger partial charge in [0.25, 0.3) is 5.56 Å². The van der Waals surface area contributed by atoms with E-state index in [0.29, 0.717) is 35.3 Å². The van der Waals surface area contributed by atoms with Gasteiger partial charge in [-0.05, 0) is 25.2 Å². The molecule has 0 aliphatic heterocycles. The molecule has 0 spiro atoms. The SMILES string of the molecule is O=C(CSCc1cc(=O)n2ccsc2n1)NCCCOCC1CC1. The number of aromatic nitrogens is 2. The van der Waals surface area contributed by atoms with Crippen molar-refractivity contribution in [3.63, 3.8) is 0 Å². The van der Waals surface area contributed by atoms with Crippen molar-refractivity contribution in [3.8, 4) is 0 Å². The average molecular weight is 367 g/mol. The normalized spacial score (nSPS) is 14.2. The Hall–Kier alpha value is -1.38. The second kappa shape index (κ2) is 8.64. The first-order chi connectivity index (χ1) is 11.7. The Bertz CT molecular complexity index is 739. The summed E-state index contributed by atoms with van der Waals surface area (Å²) in [6.07, 6.45) is 5.16. The lowest BCUT2D eigenvalue weighted by Crippen LogP contribution is -2.27. The number of hydrogen-bond donors (Lipinski definition) is 1. The van der Waals surface area contributed by atoms with E-state index < -0.39 is 0 Å². The van der Waals surface area contributed by atoms with Crippen LogP contribution in [0.2, 0.25) is 0 Å². The minimum Gasteiger partial charge on any atom is -0.381 e. The summed E-state index contributed by atoms with van der Waals surface area (Å²) in [5.41, 5.74) is 0.640. The first-order valence-electron chi connectivity index (χ1n) is 8.10. The summed E-state index contributed by atoms with van der Waals surface area (Å²) in [4.78, 5) is 28.7. The molecule has 1 fully saturated rings. The molecule has 2 aromatic heterocycles. The summed E-state index contributed by atoms with van der Waals surface area (Å²) >= 11 is 2.90. The molecule has 8 heteroatoms. The molecule has 1 amide bonds. The molecular formula is C16H21N3O3S2. The fourth-order valence-corrected chi connectivity index (χ4v) is 3.68. The lowest BCUT2D eigenvalue weighted by molar-refractivity contribution is -0.118. The van der Waals surface area contributed by atoms with Gasteiger partial charge in [0.15, 0.2) is 4.96 Å². The van der Waals surface area contributed by atoms with Gasteiger partial charge in [0.2, 0.25) is 5.91 Å². The number of amides is 1. The van der Waals surface area contributed by atoms with Gasteiger partial charge in [0.1, 0.15) is 0 Å². The third-order valence-corrected chi connectivity index (χ3v) is 5.40. The maximum absolute atomic E-state index is 11.9. The van der Waals surface area contributed by atoms with Crippen molar-refractivity contribution < 1.29 is 9.53 Å². The minimum absolute atomic E-state index is 0.0103. The molecule has 1 aliphatic carbocycles. The van der Waals surface area contributed by atoms with Gasteiger partial charge in [-0.25, -0.2) is 4.98 Å². The maximum atomic E-state index is 11.9. The number of nitrogens with one attached hydrogen (secondary N) is 1. The average Bonchev–Trinajstić information content (AvgIpc) is 3.26. The second-order valence-electron chi connectivity index (χ2n) is 5.86. The molecule has 0 saturated heterocycles. The van der Waals surface area contributed by atoms with E-state index in [-0.39, 0.29) is 11.5 Å². The molecule has 2 heterocycles. The van der Waals surface area contributed by atoms with E-state index in [1.165, 1.54) is 46.4 Å². The largest absolute Gasteiger partial charge is 0.381 e. The molecule has 130 valence electrons. The zero-order valence-corrected chi connectivity index (χ0v) is 15.0. The molecule has 0 bridgehead atoms. The summed E-state index contributed by atoms with van der Waals surface area (Å²) < 4.78 is 7.05. The van der Waals surface area contributed by atoms with Crippen LogP contribution in [0, 0.1) is 5.92 Å². The Kier molecular flexibility index (Phi) is 6.28. The Morgan fingerprint density at radius 3 is 3.21 bits per heavy atom. The summed E-state index contributed by atoms with van der Waals surface area (Å²) in [6.45, 7) is 2.22. The Morgan fingerprint density at radius 1 is 1.50 bits per heavy atom. The predicted octanol–water partition coefficient (Wildman–Crippen LogP) is 1.92. The standard InChI is InChI=1S/C16H21N3O3S2/c20-14(17-4-1-6-22-9-12-2-3-12)11-23-10-13-8-15(21)19-5-7-24-16(19)18-13/h5,7-8,12H,1-4,6,9-11H2,(H,17,20). The maximum Gasteiger partial charge on any atom is 0.258 e. The van der Waals surface area contributed by atoms with Crippen molar-refractivity contribution in [3.05, 3.63) is 33.7 Å². The lowest BCUT2D eigenvalue weighted by Gasteiger charge is -2.06. The number of fused-ring (bicyclic) bond motifs is 1. The number of rotatable bonds is 10. The number of ether oxygens (including phenoxy) is 1. The van der Waals surface area contributed by atoms with Gasteiger partial charge < -0.3 is 10.1 Å². The van der Waals surface area contributed by atoms with E-state index >= 15 is 0 Å². The molecule has 0 unspecified atom stereocenters. The van der Waals surface area contributed by atoms with E-state index in [2.05, 4.69) is 10.3 Å². The van der Waals surface area contributed by atoms with Gasteiger partial charge in [-0.3, -0.25) is 14.0 Å². The van der Waals surface area contributed by atoms with Gasteiger partial charge in [0.05, 0.1) is 11.4 Å². The monoisotopic (exact) mass is 367 g/mol. The van der Waals surface area contributed by atoms with Crippen molar-refractivity contribution in [2.45, 2.75) is 25.0 Å². The number of hydrogen-bond acceptors (Lipinski definition) is 6. The summed E-state index contributed by atoms with van der Waals surface area (Å²) in [7, 11) is 0. The highest BCUT2D eigenvalue weighted by atomic mass is 32.2. The molecule has 1 aliphatic rings. The third-order valence-electron chi connectivity index (χ3n) is 3.68. The van der Waals surface area contributed by atoms with E-state index in [1.54, 1.807) is 6.20 Å². The number of carbonyl (C=O) groups is 1. The van der Waals surface area contributed by atoms with Crippen molar-refractivity contribution in [1.82, 2.24) is 14.7 Å². The van der Waals surface area contributed by atoms with Gasteiger partial charge in [-0.1, -0.05) is 0 Å². The number of nitrogens with zero attached hydrogens (tertiary/aromatic N) is 2. The van der Waals surface area contributed by atoms with Crippen molar-refractivity contribution in [2.24, 2.45) is 5.92 Å². The van der Waals surface area contributed by atoms with Crippen LogP contribution < -0.4 is 10.9 Å². The Balaban J connectivity index is 1.30. The fourth-order valence-electron chi connectivity index (χ4n) is 2.20. The molecule has 0 radical (unpaired) electrons. The molecule has 1 N–H and O–H groups in total. The summed E-state index contributed by atoms with van der Waals surface area (Å²) in [5, 5.41) is 4.72. The summed E-state index contributed by atoms with van der Waals surface area (Å²) in [6, 6.07) is 1.53. The zero-order valence-electron chi connectivity index (χ0n) is 13.4. The van der Waals surface area contributed by atoms with Crippen molar-refractivity contribution >= 4 is 34.0 Å². The highest BCUT2D eigenvalue weighted by molar-refractivity contribution is 7.99. The number of thioether (sulfide) groups is 1. The highest BCUT2D eigenvalue weighted by Crippen LogP contribution is 2.28. The topological polar surface area (TPSA) is 72.7 Å². The molecular weight excluding hydrogens is 346 g/mol. The van der Waals surface area contributed by atoms with Crippen LogP contribution >= 0.6 is 23.1 Å². The molecule has 2 aromatic rings. The molecule has 1 saturated carbocycles. The second-order valence-corrected chi connectivity index (χ2v) is 7.71. The number of carbonyl (C=O) groups excluding carboxylic acids is 1. The minimum atomic E-state index is -0.0764. The van der Waals surface area contributed by atoms with Gasteiger partial charge in [0, 0.05) is 43.2 Å². The van der Waals surface area contributed by atoms with Crippen molar-refractivity contribution in [1.29, 1.82) is 0 Å². The van der Waals surface area contributed by atoms with Crippen LogP contribution in [0.15, 0.2) is 22.4 Å². The fraction of sp³-hybridized carbons (Fsp3) is 0.562. The van der Waals surface area contributed by atoms with E-state index in [9.17, 15) is 9.59 Å². The molecule has 0 atom stereocenters. The van der Waals surface area contributed by atoms with Crippen LogP contribution in [-0.4, -0.2) is 40.8 Å². The van der Waals surface area contributed by atoms with Crippen LogP contribution in [0.3, 0.4) is 0 Å². The molecule has 3 rings (SSSR count). The predicted molar refractivity (Wildman–Crippen MR) is 96.7 cm³/mol. The van der Waals surface area contributed by atoms with Crippen LogP contribution in [-0.2, 0) is 15.3 Å². The van der Waals surface area contributed by atoms with E-state index in [4.69, 9.17) is 4.74 Å².